The monoisotopic (exact) mass is 498 g/mol. The van der Waals surface area contributed by atoms with Gasteiger partial charge in [0.25, 0.3) is 0 Å². The molecule has 0 radical (unpaired) electrons. The lowest BCUT2D eigenvalue weighted by Gasteiger charge is -2.27. The Balaban J connectivity index is 1.35. The molecule has 1 aromatic heterocycles. The zero-order valence-electron chi connectivity index (χ0n) is 19.3. The predicted octanol–water partition coefficient (Wildman–Crippen LogP) is 5.75. The van der Waals surface area contributed by atoms with Gasteiger partial charge in [0.05, 0.1) is 24.3 Å². The molecule has 2 N–H and O–H groups in total. The molecule has 1 saturated carbocycles. The number of benzene rings is 2. The van der Waals surface area contributed by atoms with Crippen LogP contribution in [0.3, 0.4) is 0 Å². The number of nitrogens with one attached hydrogen (secondary N) is 1. The van der Waals surface area contributed by atoms with Crippen LogP contribution in [0.5, 0.6) is 5.75 Å². The first-order valence-electron chi connectivity index (χ1n) is 11.5. The Labute approximate surface area is 208 Å². The van der Waals surface area contributed by atoms with Gasteiger partial charge in [0, 0.05) is 21.7 Å². The Morgan fingerprint density at radius 2 is 1.94 bits per heavy atom. The molecule has 1 aliphatic rings. The van der Waals surface area contributed by atoms with E-state index in [4.69, 9.17) is 25.6 Å². The van der Waals surface area contributed by atoms with E-state index in [0.29, 0.717) is 35.1 Å². The van der Waals surface area contributed by atoms with E-state index in [1.54, 1.807) is 19.1 Å². The van der Waals surface area contributed by atoms with Crippen molar-refractivity contribution in [1.82, 2.24) is 10.5 Å². The van der Waals surface area contributed by atoms with Crippen molar-refractivity contribution in [3.63, 3.8) is 0 Å². The smallest absolute Gasteiger partial charge is 0.407 e. The number of aromatic nitrogens is 1. The second-order valence-corrected chi connectivity index (χ2v) is 8.97. The first-order chi connectivity index (χ1) is 16.9. The topological polar surface area (TPSA) is 111 Å². The lowest BCUT2D eigenvalue weighted by molar-refractivity contribution is -0.143. The molecular weight excluding hydrogens is 472 g/mol. The van der Waals surface area contributed by atoms with E-state index < -0.39 is 12.1 Å². The molecule has 184 valence electrons. The fraction of sp³-hybridized carbons (Fsp3) is 0.346. The molecule has 9 heteroatoms. The summed E-state index contributed by atoms with van der Waals surface area (Å²) in [5, 5.41) is 16.6. The average Bonchev–Trinajstić information content (AvgIpc) is 3.23. The summed E-state index contributed by atoms with van der Waals surface area (Å²) < 4.78 is 16.8. The van der Waals surface area contributed by atoms with Gasteiger partial charge in [-0.25, -0.2) is 4.79 Å². The fourth-order valence-electron chi connectivity index (χ4n) is 4.15. The van der Waals surface area contributed by atoms with E-state index >= 15 is 0 Å². The minimum absolute atomic E-state index is 0.0661. The van der Waals surface area contributed by atoms with Crippen LogP contribution in [0, 0.1) is 12.8 Å². The standard InChI is InChI=1S/C26H27ClN2O6/c1-16-22(14-28-26(32)33-15-19-5-2-3-8-23(19)27)24(35-29-16)17-9-11-20(12-10-17)34-21-7-4-6-18(13-21)25(30)31/h2-3,5,8-12,18,21H,4,6-7,13-15H2,1H3,(H,28,32)(H,30,31)/t18-,21-/m0/s1. The van der Waals surface area contributed by atoms with Crippen molar-refractivity contribution < 1.29 is 28.7 Å². The summed E-state index contributed by atoms with van der Waals surface area (Å²) >= 11 is 6.10. The number of alkyl carbamates (subject to hydrolysis) is 1. The molecule has 1 fully saturated rings. The van der Waals surface area contributed by atoms with Gasteiger partial charge in [-0.1, -0.05) is 35.0 Å². The van der Waals surface area contributed by atoms with Crippen molar-refractivity contribution in [3.8, 4) is 17.1 Å². The maximum Gasteiger partial charge on any atom is 0.407 e. The molecule has 2 atom stereocenters. The Kier molecular flexibility index (Phi) is 7.92. The highest BCUT2D eigenvalue weighted by Gasteiger charge is 2.28. The van der Waals surface area contributed by atoms with Gasteiger partial charge in [0.2, 0.25) is 0 Å². The summed E-state index contributed by atoms with van der Waals surface area (Å²) in [5.41, 5.74) is 2.91. The van der Waals surface area contributed by atoms with E-state index in [-0.39, 0.29) is 25.2 Å². The Hall–Kier alpha value is -3.52. The molecule has 1 aliphatic carbocycles. The van der Waals surface area contributed by atoms with Gasteiger partial charge in [-0.2, -0.15) is 0 Å². The van der Waals surface area contributed by atoms with Crippen LogP contribution in [0.2, 0.25) is 5.02 Å². The van der Waals surface area contributed by atoms with E-state index in [9.17, 15) is 14.7 Å². The number of carbonyl (C=O) groups excluding carboxylic acids is 1. The first kappa shape index (κ1) is 24.6. The molecule has 0 bridgehead atoms. The van der Waals surface area contributed by atoms with Gasteiger partial charge in [-0.3, -0.25) is 4.79 Å². The number of aryl methyl sites for hydroxylation is 1. The third-order valence-electron chi connectivity index (χ3n) is 6.11. The van der Waals surface area contributed by atoms with Gasteiger partial charge in [-0.05, 0) is 62.9 Å². The van der Waals surface area contributed by atoms with Crippen LogP contribution in [0.1, 0.15) is 42.5 Å². The SMILES string of the molecule is Cc1noc(-c2ccc(O[C@H]3CCC[C@H](C(=O)O)C3)cc2)c1CNC(=O)OCc1ccccc1Cl. The largest absolute Gasteiger partial charge is 0.490 e. The minimum Gasteiger partial charge on any atom is -0.490 e. The quantitative estimate of drug-likeness (QED) is 0.406. The number of rotatable bonds is 8. The number of halogens is 1. The highest BCUT2D eigenvalue weighted by atomic mass is 35.5. The van der Waals surface area contributed by atoms with E-state index in [0.717, 1.165) is 29.5 Å². The molecule has 0 aliphatic heterocycles. The maximum absolute atomic E-state index is 12.2. The molecule has 4 rings (SSSR count). The number of amides is 1. The van der Waals surface area contributed by atoms with E-state index in [1.807, 2.05) is 36.4 Å². The van der Waals surface area contributed by atoms with Gasteiger partial charge in [0.1, 0.15) is 12.4 Å². The first-order valence-corrected chi connectivity index (χ1v) is 11.9. The summed E-state index contributed by atoms with van der Waals surface area (Å²) in [6, 6.07) is 14.5. The van der Waals surface area contributed by atoms with Crippen LogP contribution >= 0.6 is 11.6 Å². The van der Waals surface area contributed by atoms with Crippen molar-refractivity contribution in [2.75, 3.05) is 0 Å². The third-order valence-corrected chi connectivity index (χ3v) is 6.47. The molecule has 0 spiro atoms. The Morgan fingerprint density at radius 1 is 1.17 bits per heavy atom. The molecule has 3 aromatic rings. The number of carboxylic acids is 1. The van der Waals surface area contributed by atoms with Crippen LogP contribution < -0.4 is 10.1 Å². The maximum atomic E-state index is 12.2. The zero-order chi connectivity index (χ0) is 24.8. The number of hydrogen-bond acceptors (Lipinski definition) is 6. The van der Waals surface area contributed by atoms with Crippen LogP contribution in [0.15, 0.2) is 53.1 Å². The molecular formula is C26H27ClN2O6. The summed E-state index contributed by atoms with van der Waals surface area (Å²) in [6.07, 6.45) is 2.21. The molecule has 8 nitrogen and oxygen atoms in total. The number of nitrogens with zero attached hydrogens (tertiary/aromatic N) is 1. The van der Waals surface area contributed by atoms with Gasteiger partial charge >= 0.3 is 12.1 Å². The highest BCUT2D eigenvalue weighted by molar-refractivity contribution is 6.31. The molecule has 0 unspecified atom stereocenters. The minimum atomic E-state index is -0.761. The second-order valence-electron chi connectivity index (χ2n) is 8.56. The Morgan fingerprint density at radius 3 is 2.69 bits per heavy atom. The lowest BCUT2D eigenvalue weighted by Crippen LogP contribution is -2.29. The molecule has 1 heterocycles. The predicted molar refractivity (Wildman–Crippen MR) is 129 cm³/mol. The van der Waals surface area contributed by atoms with Crippen LogP contribution in [-0.4, -0.2) is 28.4 Å². The third kappa shape index (κ3) is 6.33. The van der Waals surface area contributed by atoms with Crippen molar-refractivity contribution in [2.45, 2.75) is 51.9 Å². The van der Waals surface area contributed by atoms with Gasteiger partial charge in [0.15, 0.2) is 5.76 Å². The van der Waals surface area contributed by atoms with Crippen LogP contribution in [0.4, 0.5) is 4.79 Å². The number of carboxylic acid groups (broad SMARTS) is 1. The number of carbonyl (C=O) groups is 2. The van der Waals surface area contributed by atoms with Crippen molar-refractivity contribution in [2.24, 2.45) is 5.92 Å². The number of aliphatic carboxylic acids is 1. The molecule has 35 heavy (non-hydrogen) atoms. The average molecular weight is 499 g/mol. The zero-order valence-corrected chi connectivity index (χ0v) is 20.1. The van der Waals surface area contributed by atoms with Gasteiger partial charge in [-0.15, -0.1) is 0 Å². The van der Waals surface area contributed by atoms with Crippen LogP contribution in [-0.2, 0) is 22.7 Å². The highest BCUT2D eigenvalue weighted by Crippen LogP contribution is 2.31. The van der Waals surface area contributed by atoms with Crippen molar-refractivity contribution in [1.29, 1.82) is 0 Å². The van der Waals surface area contributed by atoms with Gasteiger partial charge < -0.3 is 24.4 Å². The van der Waals surface area contributed by atoms with E-state index in [1.165, 1.54) is 0 Å². The van der Waals surface area contributed by atoms with Crippen molar-refractivity contribution in [3.05, 3.63) is 70.4 Å². The summed E-state index contributed by atoms with van der Waals surface area (Å²) in [4.78, 5) is 23.5. The second kappa shape index (κ2) is 11.3. The molecule has 0 saturated heterocycles. The van der Waals surface area contributed by atoms with Crippen molar-refractivity contribution >= 4 is 23.7 Å². The van der Waals surface area contributed by atoms with Crippen LogP contribution in [0.25, 0.3) is 11.3 Å². The lowest BCUT2D eigenvalue weighted by atomic mass is 9.87. The van der Waals surface area contributed by atoms with E-state index in [2.05, 4.69) is 10.5 Å². The molecule has 1 amide bonds. The number of ether oxygens (including phenoxy) is 2. The Bertz CT molecular complexity index is 1180. The summed E-state index contributed by atoms with van der Waals surface area (Å²) in [6.45, 7) is 2.05. The fourth-order valence-corrected chi connectivity index (χ4v) is 4.34. The summed E-state index contributed by atoms with van der Waals surface area (Å²) in [7, 11) is 0. The number of hydrogen-bond donors (Lipinski definition) is 2. The summed E-state index contributed by atoms with van der Waals surface area (Å²) in [5.74, 6) is 0.104. The normalized spacial score (nSPS) is 17.5. The molecule has 2 aromatic carbocycles.